The Hall–Kier alpha value is -3.14. The van der Waals surface area contributed by atoms with E-state index in [1.165, 1.54) is 0 Å². The summed E-state index contributed by atoms with van der Waals surface area (Å²) in [5.74, 6) is -0.807. The number of hydrogen-bond donors (Lipinski definition) is 0. The fourth-order valence-corrected chi connectivity index (χ4v) is 2.22. The van der Waals surface area contributed by atoms with Gasteiger partial charge in [-0.15, -0.1) is 0 Å². The Balaban J connectivity index is 1.77. The second-order valence-electron chi connectivity index (χ2n) is 5.79. The van der Waals surface area contributed by atoms with Crippen LogP contribution in [0.2, 0.25) is 0 Å². The van der Waals surface area contributed by atoms with Crippen LogP contribution in [0.15, 0.2) is 61.7 Å². The summed E-state index contributed by atoms with van der Waals surface area (Å²) in [5, 5.41) is 0. The SMILES string of the molecule is C=Cc1ccc(C(=O)OCC[C@H](C)OC(=O)c2ccc(C=C)cc2)cc1. The van der Waals surface area contributed by atoms with Gasteiger partial charge in [0.15, 0.2) is 0 Å². The Labute approximate surface area is 153 Å². The summed E-state index contributed by atoms with van der Waals surface area (Å²) in [7, 11) is 0. The third kappa shape index (κ3) is 5.45. The van der Waals surface area contributed by atoms with Crippen molar-refractivity contribution in [1.29, 1.82) is 0 Å². The highest BCUT2D eigenvalue weighted by Crippen LogP contribution is 2.11. The standard InChI is InChI=1S/C22H22O4/c1-4-17-6-10-19(11-7-17)21(23)25-15-14-16(3)26-22(24)20-12-8-18(5-2)9-13-20/h4-13,16H,1-2,14-15H2,3H3/t16-/m0/s1. The van der Waals surface area contributed by atoms with Crippen molar-refractivity contribution in [3.8, 4) is 0 Å². The Morgan fingerprint density at radius 3 is 1.81 bits per heavy atom. The second kappa shape index (κ2) is 9.37. The van der Waals surface area contributed by atoms with E-state index in [4.69, 9.17) is 9.47 Å². The third-order valence-electron chi connectivity index (χ3n) is 3.83. The first-order valence-corrected chi connectivity index (χ1v) is 8.36. The minimum absolute atomic E-state index is 0.173. The van der Waals surface area contributed by atoms with Gasteiger partial charge in [0.05, 0.1) is 17.7 Å². The first kappa shape index (κ1) is 19.2. The van der Waals surface area contributed by atoms with Crippen LogP contribution in [0, 0.1) is 0 Å². The van der Waals surface area contributed by atoms with E-state index in [2.05, 4.69) is 13.2 Å². The van der Waals surface area contributed by atoms with Gasteiger partial charge in [-0.3, -0.25) is 0 Å². The van der Waals surface area contributed by atoms with Crippen molar-refractivity contribution in [3.05, 3.63) is 83.9 Å². The van der Waals surface area contributed by atoms with Gasteiger partial charge in [0, 0.05) is 6.42 Å². The molecule has 0 amide bonds. The van der Waals surface area contributed by atoms with Gasteiger partial charge in [0.25, 0.3) is 0 Å². The number of carbonyl (C=O) groups is 2. The lowest BCUT2D eigenvalue weighted by molar-refractivity contribution is 0.0229. The van der Waals surface area contributed by atoms with E-state index in [1.54, 1.807) is 67.6 Å². The smallest absolute Gasteiger partial charge is 0.338 e. The molecule has 0 heterocycles. The summed E-state index contributed by atoms with van der Waals surface area (Å²) in [6.45, 7) is 9.28. The number of hydrogen-bond acceptors (Lipinski definition) is 4. The molecule has 0 unspecified atom stereocenters. The van der Waals surface area contributed by atoms with Gasteiger partial charge in [-0.2, -0.15) is 0 Å². The van der Waals surface area contributed by atoms with Crippen LogP contribution in [-0.4, -0.2) is 24.6 Å². The Kier molecular flexibility index (Phi) is 6.92. The zero-order chi connectivity index (χ0) is 18.9. The molecule has 0 N–H and O–H groups in total. The van der Waals surface area contributed by atoms with Crippen molar-refractivity contribution in [1.82, 2.24) is 0 Å². The molecule has 0 saturated carbocycles. The highest BCUT2D eigenvalue weighted by molar-refractivity contribution is 5.90. The summed E-state index contributed by atoms with van der Waals surface area (Å²) >= 11 is 0. The minimum Gasteiger partial charge on any atom is -0.462 e. The van der Waals surface area contributed by atoms with Gasteiger partial charge in [0.1, 0.15) is 6.10 Å². The predicted octanol–water partition coefficient (Wildman–Crippen LogP) is 4.77. The molecule has 0 spiro atoms. The molecule has 0 saturated heterocycles. The molecule has 1 atom stereocenters. The summed E-state index contributed by atoms with van der Waals surface area (Å²) in [6, 6.07) is 14.0. The first-order chi connectivity index (χ1) is 12.5. The lowest BCUT2D eigenvalue weighted by atomic mass is 10.1. The average Bonchev–Trinajstić information content (AvgIpc) is 2.68. The molecule has 134 valence electrons. The van der Waals surface area contributed by atoms with Crippen molar-refractivity contribution in [2.45, 2.75) is 19.4 Å². The highest BCUT2D eigenvalue weighted by Gasteiger charge is 2.13. The molecule has 0 fully saturated rings. The van der Waals surface area contributed by atoms with Crippen molar-refractivity contribution < 1.29 is 19.1 Å². The number of benzene rings is 2. The number of carbonyl (C=O) groups excluding carboxylic acids is 2. The van der Waals surface area contributed by atoms with Crippen LogP contribution in [0.3, 0.4) is 0 Å². The fraction of sp³-hybridized carbons (Fsp3) is 0.182. The van der Waals surface area contributed by atoms with E-state index in [9.17, 15) is 9.59 Å². The summed E-state index contributed by atoms with van der Waals surface area (Å²) in [5.41, 5.74) is 2.81. The van der Waals surface area contributed by atoms with E-state index >= 15 is 0 Å². The molecule has 26 heavy (non-hydrogen) atoms. The molecule has 0 aliphatic carbocycles. The van der Waals surface area contributed by atoms with Crippen LogP contribution in [0.1, 0.15) is 45.2 Å². The van der Waals surface area contributed by atoms with Crippen molar-refractivity contribution in [3.63, 3.8) is 0 Å². The predicted molar refractivity (Wildman–Crippen MR) is 103 cm³/mol. The fourth-order valence-electron chi connectivity index (χ4n) is 2.22. The third-order valence-corrected chi connectivity index (χ3v) is 3.83. The molecule has 0 aliphatic rings. The molecular weight excluding hydrogens is 328 g/mol. The largest absolute Gasteiger partial charge is 0.462 e. The van der Waals surface area contributed by atoms with Crippen molar-refractivity contribution in [2.24, 2.45) is 0 Å². The minimum atomic E-state index is -0.404. The maximum atomic E-state index is 12.1. The van der Waals surface area contributed by atoms with Crippen LogP contribution in [0.4, 0.5) is 0 Å². The van der Waals surface area contributed by atoms with Gasteiger partial charge >= 0.3 is 11.9 Å². The normalized spacial score (nSPS) is 11.3. The molecule has 0 radical (unpaired) electrons. The highest BCUT2D eigenvalue weighted by atomic mass is 16.6. The number of ether oxygens (including phenoxy) is 2. The Bertz CT molecular complexity index is 773. The van der Waals surface area contributed by atoms with Gasteiger partial charge in [-0.1, -0.05) is 49.6 Å². The molecule has 0 bridgehead atoms. The molecule has 4 heteroatoms. The molecule has 4 nitrogen and oxygen atoms in total. The van der Waals surface area contributed by atoms with E-state index < -0.39 is 11.9 Å². The lowest BCUT2D eigenvalue weighted by Crippen LogP contribution is -2.18. The average molecular weight is 350 g/mol. The van der Waals surface area contributed by atoms with Crippen molar-refractivity contribution >= 4 is 24.1 Å². The van der Waals surface area contributed by atoms with Crippen LogP contribution < -0.4 is 0 Å². The van der Waals surface area contributed by atoms with E-state index in [1.807, 2.05) is 0 Å². The number of esters is 2. The van der Waals surface area contributed by atoms with Gasteiger partial charge in [0.2, 0.25) is 0 Å². The molecule has 2 rings (SSSR count). The molecule has 2 aromatic carbocycles. The van der Waals surface area contributed by atoms with Gasteiger partial charge < -0.3 is 9.47 Å². The lowest BCUT2D eigenvalue weighted by Gasteiger charge is -2.13. The Morgan fingerprint density at radius 1 is 0.885 bits per heavy atom. The zero-order valence-corrected chi connectivity index (χ0v) is 14.8. The monoisotopic (exact) mass is 350 g/mol. The topological polar surface area (TPSA) is 52.6 Å². The van der Waals surface area contributed by atoms with Crippen LogP contribution in [-0.2, 0) is 9.47 Å². The number of rotatable bonds is 8. The summed E-state index contributed by atoms with van der Waals surface area (Å²) in [4.78, 5) is 24.0. The van der Waals surface area contributed by atoms with Crippen LogP contribution in [0.5, 0.6) is 0 Å². The maximum Gasteiger partial charge on any atom is 0.338 e. The summed E-state index contributed by atoms with van der Waals surface area (Å²) < 4.78 is 10.6. The molecule has 2 aromatic rings. The van der Waals surface area contributed by atoms with Crippen LogP contribution in [0.25, 0.3) is 12.2 Å². The Morgan fingerprint density at radius 2 is 1.35 bits per heavy atom. The van der Waals surface area contributed by atoms with Gasteiger partial charge in [-0.25, -0.2) is 9.59 Å². The maximum absolute atomic E-state index is 12.1. The van der Waals surface area contributed by atoms with Crippen LogP contribution >= 0.6 is 0 Å². The molecular formula is C22H22O4. The zero-order valence-electron chi connectivity index (χ0n) is 14.8. The molecule has 0 aromatic heterocycles. The second-order valence-corrected chi connectivity index (χ2v) is 5.79. The van der Waals surface area contributed by atoms with E-state index in [0.29, 0.717) is 17.5 Å². The molecule has 0 aliphatic heterocycles. The first-order valence-electron chi connectivity index (χ1n) is 8.36. The van der Waals surface area contributed by atoms with Crippen molar-refractivity contribution in [2.75, 3.05) is 6.61 Å². The quantitative estimate of drug-likeness (QED) is 0.644. The van der Waals surface area contributed by atoms with Gasteiger partial charge in [-0.05, 0) is 42.3 Å². The summed E-state index contributed by atoms with van der Waals surface area (Å²) in [6.07, 6.45) is 3.47. The van der Waals surface area contributed by atoms with E-state index in [-0.39, 0.29) is 12.7 Å². The van der Waals surface area contributed by atoms with E-state index in [0.717, 1.165) is 11.1 Å².